The maximum absolute atomic E-state index is 10.8. The van der Waals surface area contributed by atoms with Gasteiger partial charge in [0.25, 0.3) is 0 Å². The van der Waals surface area contributed by atoms with Gasteiger partial charge in [-0.2, -0.15) is 0 Å². The Morgan fingerprint density at radius 2 is 1.24 bits per heavy atom. The monoisotopic (exact) mass is 368 g/mol. The molecule has 0 aromatic heterocycles. The van der Waals surface area contributed by atoms with Crippen LogP contribution in [0.1, 0.15) is 64.7 Å². The molecule has 0 fully saturated rings. The first-order valence-electron chi connectivity index (χ1n) is 8.92. The lowest BCUT2D eigenvalue weighted by atomic mass is 9.78. The van der Waals surface area contributed by atoms with Crippen LogP contribution in [0.2, 0.25) is 6.04 Å². The van der Waals surface area contributed by atoms with Crippen molar-refractivity contribution in [2.75, 3.05) is 21.3 Å². The van der Waals surface area contributed by atoms with Crippen molar-refractivity contribution in [1.29, 1.82) is 0 Å². The molecule has 0 unspecified atom stereocenters. The molecule has 0 atom stereocenters. The van der Waals surface area contributed by atoms with E-state index in [4.69, 9.17) is 13.3 Å². The summed E-state index contributed by atoms with van der Waals surface area (Å²) < 4.78 is 16.5. The van der Waals surface area contributed by atoms with Crippen molar-refractivity contribution >= 4 is 8.80 Å². The van der Waals surface area contributed by atoms with Crippen molar-refractivity contribution in [3.63, 3.8) is 0 Å². The smallest absolute Gasteiger partial charge is 0.500 e. The van der Waals surface area contributed by atoms with Crippen LogP contribution in [0.3, 0.4) is 0 Å². The molecule has 0 aliphatic rings. The lowest BCUT2D eigenvalue weighted by Crippen LogP contribution is -2.42. The summed E-state index contributed by atoms with van der Waals surface area (Å²) >= 11 is 0. The van der Waals surface area contributed by atoms with Gasteiger partial charge < -0.3 is 18.4 Å². The largest absolute Gasteiger partial charge is 0.507 e. The van der Waals surface area contributed by atoms with Gasteiger partial charge in [0.15, 0.2) is 0 Å². The highest BCUT2D eigenvalue weighted by Crippen LogP contribution is 2.40. The molecule has 5 heteroatoms. The van der Waals surface area contributed by atoms with Gasteiger partial charge >= 0.3 is 8.80 Å². The number of aromatic hydroxyl groups is 1. The van der Waals surface area contributed by atoms with E-state index in [0.717, 1.165) is 30.0 Å². The van der Waals surface area contributed by atoms with Gasteiger partial charge in [-0.25, -0.2) is 0 Å². The zero-order valence-corrected chi connectivity index (χ0v) is 18.4. The molecular weight excluding hydrogens is 332 g/mol. The Balaban J connectivity index is 3.12. The zero-order valence-electron chi connectivity index (χ0n) is 17.4. The highest BCUT2D eigenvalue weighted by molar-refractivity contribution is 6.60. The molecule has 0 saturated heterocycles. The first-order chi connectivity index (χ1) is 11.4. The van der Waals surface area contributed by atoms with E-state index < -0.39 is 8.80 Å². The van der Waals surface area contributed by atoms with E-state index in [2.05, 4.69) is 53.7 Å². The summed E-state index contributed by atoms with van der Waals surface area (Å²) in [6.45, 7) is 12.8. The van der Waals surface area contributed by atoms with Crippen LogP contribution in [0, 0.1) is 0 Å². The maximum atomic E-state index is 10.8. The summed E-state index contributed by atoms with van der Waals surface area (Å²) in [5, 5.41) is 10.8. The van der Waals surface area contributed by atoms with Gasteiger partial charge in [0.2, 0.25) is 0 Å². The van der Waals surface area contributed by atoms with Crippen LogP contribution >= 0.6 is 0 Å². The van der Waals surface area contributed by atoms with Crippen molar-refractivity contribution in [1.82, 2.24) is 0 Å². The lowest BCUT2D eigenvalue weighted by Gasteiger charge is -2.28. The second-order valence-electron chi connectivity index (χ2n) is 8.69. The van der Waals surface area contributed by atoms with Gasteiger partial charge in [0.1, 0.15) is 5.75 Å². The number of hydrogen-bond donors (Lipinski definition) is 1. The Morgan fingerprint density at radius 1 is 0.840 bits per heavy atom. The summed E-state index contributed by atoms with van der Waals surface area (Å²) in [6, 6.07) is 5.05. The standard InChI is InChI=1S/C20H36O4Si/c1-19(2,3)16-13-15(14-17(18(16)21)20(4,5)6)11-10-12-25(22-7,23-8)24-9/h13-14,21H,10-12H2,1-9H3. The molecule has 4 nitrogen and oxygen atoms in total. The number of aryl methyl sites for hydroxylation is 1. The molecule has 0 aliphatic heterocycles. The molecule has 144 valence electrons. The third-order valence-corrected chi connectivity index (χ3v) is 7.50. The quantitative estimate of drug-likeness (QED) is 0.702. The summed E-state index contributed by atoms with van der Waals surface area (Å²) in [6.07, 6.45) is 1.82. The van der Waals surface area contributed by atoms with Crippen molar-refractivity contribution in [2.24, 2.45) is 0 Å². The normalized spacial score (nSPS) is 13.3. The topological polar surface area (TPSA) is 47.9 Å². The summed E-state index contributed by atoms with van der Waals surface area (Å²) in [7, 11) is 2.41. The molecule has 0 heterocycles. The Labute approximate surface area is 154 Å². The van der Waals surface area contributed by atoms with E-state index in [1.165, 1.54) is 5.56 Å². The second-order valence-corrected chi connectivity index (χ2v) is 11.8. The highest BCUT2D eigenvalue weighted by atomic mass is 28.4. The van der Waals surface area contributed by atoms with Crippen molar-refractivity contribution in [3.8, 4) is 5.75 Å². The van der Waals surface area contributed by atoms with Crippen LogP contribution in [-0.4, -0.2) is 35.2 Å². The molecule has 0 aliphatic carbocycles. The minimum atomic E-state index is -2.53. The van der Waals surface area contributed by atoms with Crippen LogP contribution in [0.5, 0.6) is 5.75 Å². The number of hydrogen-bond acceptors (Lipinski definition) is 4. The summed E-state index contributed by atoms with van der Waals surface area (Å²) in [5.74, 6) is 0.429. The van der Waals surface area contributed by atoms with Gasteiger partial charge in [-0.15, -0.1) is 0 Å². The zero-order chi connectivity index (χ0) is 19.5. The van der Waals surface area contributed by atoms with E-state index >= 15 is 0 Å². The Hall–Kier alpha value is -0.883. The molecule has 0 spiro atoms. The third-order valence-electron chi connectivity index (χ3n) is 4.67. The molecular formula is C20H36O4Si. The number of phenols is 1. The number of phenolic OH excluding ortho intramolecular Hbond substituents is 1. The van der Waals surface area contributed by atoms with E-state index in [9.17, 15) is 5.11 Å². The first kappa shape index (κ1) is 22.2. The Morgan fingerprint density at radius 3 is 1.56 bits per heavy atom. The molecule has 25 heavy (non-hydrogen) atoms. The van der Waals surface area contributed by atoms with E-state index in [0.29, 0.717) is 5.75 Å². The summed E-state index contributed by atoms with van der Waals surface area (Å²) in [5.41, 5.74) is 3.03. The molecule has 0 saturated carbocycles. The maximum Gasteiger partial charge on any atom is 0.500 e. The van der Waals surface area contributed by atoms with Gasteiger partial charge in [-0.05, 0) is 40.4 Å². The molecule has 1 rings (SSSR count). The van der Waals surface area contributed by atoms with Crippen molar-refractivity contribution in [2.45, 2.75) is 71.3 Å². The molecule has 1 N–H and O–H groups in total. The molecule has 0 bridgehead atoms. The van der Waals surface area contributed by atoms with Gasteiger partial charge in [-0.3, -0.25) is 0 Å². The molecule has 0 radical (unpaired) electrons. The first-order valence-corrected chi connectivity index (χ1v) is 10.9. The van der Waals surface area contributed by atoms with Crippen LogP contribution in [0.15, 0.2) is 12.1 Å². The predicted octanol–water partition coefficient (Wildman–Crippen LogP) is 4.80. The number of benzene rings is 1. The lowest BCUT2D eigenvalue weighted by molar-refractivity contribution is 0.123. The average Bonchev–Trinajstić information content (AvgIpc) is 2.51. The number of rotatable bonds is 7. The summed E-state index contributed by atoms with van der Waals surface area (Å²) in [4.78, 5) is 0. The third kappa shape index (κ3) is 5.54. The van der Waals surface area contributed by atoms with Crippen LogP contribution in [0.4, 0.5) is 0 Å². The Bertz CT molecular complexity index is 523. The minimum Gasteiger partial charge on any atom is -0.507 e. The van der Waals surface area contributed by atoms with Gasteiger partial charge in [0.05, 0.1) is 0 Å². The van der Waals surface area contributed by atoms with Crippen LogP contribution < -0.4 is 0 Å². The second kappa shape index (κ2) is 8.21. The average molecular weight is 369 g/mol. The SMILES string of the molecule is CO[Si](CCCc1cc(C(C)(C)C)c(O)c(C(C)(C)C)c1)(OC)OC. The van der Waals surface area contributed by atoms with E-state index in [1.54, 1.807) is 21.3 Å². The van der Waals surface area contributed by atoms with Crippen molar-refractivity contribution < 1.29 is 18.4 Å². The van der Waals surface area contributed by atoms with Crippen molar-refractivity contribution in [3.05, 3.63) is 28.8 Å². The van der Waals surface area contributed by atoms with Crippen LogP contribution in [-0.2, 0) is 30.5 Å². The van der Waals surface area contributed by atoms with Gasteiger partial charge in [0, 0.05) is 27.4 Å². The predicted molar refractivity (Wildman–Crippen MR) is 105 cm³/mol. The minimum absolute atomic E-state index is 0.107. The van der Waals surface area contributed by atoms with E-state index in [1.807, 2.05) is 0 Å². The fourth-order valence-electron chi connectivity index (χ4n) is 3.05. The molecule has 1 aromatic rings. The molecule has 1 aromatic carbocycles. The highest BCUT2D eigenvalue weighted by Gasteiger charge is 2.37. The fourth-order valence-corrected chi connectivity index (χ4v) is 4.77. The fraction of sp³-hybridized carbons (Fsp3) is 0.700. The Kier molecular flexibility index (Phi) is 7.27. The van der Waals surface area contributed by atoms with Gasteiger partial charge in [-0.1, -0.05) is 53.7 Å². The van der Waals surface area contributed by atoms with E-state index in [-0.39, 0.29) is 10.8 Å². The molecule has 0 amide bonds. The van der Waals surface area contributed by atoms with Crippen LogP contribution in [0.25, 0.3) is 0 Å².